The molecule has 1 amide bonds. The summed E-state index contributed by atoms with van der Waals surface area (Å²) in [4.78, 5) is 24.4. The number of hydrogen-bond acceptors (Lipinski definition) is 5. The lowest BCUT2D eigenvalue weighted by molar-refractivity contribution is -0.123. The van der Waals surface area contributed by atoms with Gasteiger partial charge in [0.05, 0.1) is 48.0 Å². The minimum Gasteiger partial charge on any atom is -0.496 e. The molecular weight excluding hydrogens is 332 g/mol. The monoisotopic (exact) mass is 352 g/mol. The number of H-pyrrole nitrogens is 1. The summed E-state index contributed by atoms with van der Waals surface area (Å²) in [7, 11) is 3.13. The van der Waals surface area contributed by atoms with Gasteiger partial charge >= 0.3 is 0 Å². The molecule has 0 spiro atoms. The molecule has 134 valence electrons. The normalized spacial score (nSPS) is 24.4. The van der Waals surface area contributed by atoms with Crippen LogP contribution in [0.3, 0.4) is 0 Å². The van der Waals surface area contributed by atoms with Crippen LogP contribution in [0.5, 0.6) is 11.6 Å². The van der Waals surface area contributed by atoms with Gasteiger partial charge in [0.2, 0.25) is 11.8 Å². The van der Waals surface area contributed by atoms with E-state index in [0.29, 0.717) is 23.6 Å². The number of primary amides is 1. The lowest BCUT2D eigenvalue weighted by Gasteiger charge is -2.24. The van der Waals surface area contributed by atoms with E-state index in [1.54, 1.807) is 32.7 Å². The van der Waals surface area contributed by atoms with E-state index in [4.69, 9.17) is 15.2 Å². The van der Waals surface area contributed by atoms with Crippen LogP contribution >= 0.6 is 0 Å². The fourth-order valence-corrected chi connectivity index (χ4v) is 3.98. The van der Waals surface area contributed by atoms with E-state index in [9.17, 15) is 4.79 Å². The summed E-state index contributed by atoms with van der Waals surface area (Å²) >= 11 is 0. The van der Waals surface area contributed by atoms with Crippen molar-refractivity contribution in [3.8, 4) is 11.6 Å². The number of fused-ring (bicyclic) bond motifs is 1. The van der Waals surface area contributed by atoms with Crippen LogP contribution in [-0.4, -0.2) is 35.1 Å². The van der Waals surface area contributed by atoms with Crippen molar-refractivity contribution < 1.29 is 14.3 Å². The predicted molar refractivity (Wildman–Crippen MR) is 96.1 cm³/mol. The molecule has 0 aromatic carbocycles. The molecule has 0 saturated heterocycles. The summed E-state index contributed by atoms with van der Waals surface area (Å²) in [6.45, 7) is 1.85. The Hall–Kier alpha value is -3.09. The Morgan fingerprint density at radius 2 is 2.08 bits per heavy atom. The zero-order chi connectivity index (χ0) is 18.5. The van der Waals surface area contributed by atoms with Crippen LogP contribution < -0.4 is 15.2 Å². The maximum atomic E-state index is 12.3. The van der Waals surface area contributed by atoms with Crippen LogP contribution in [0.2, 0.25) is 0 Å². The van der Waals surface area contributed by atoms with Gasteiger partial charge in [-0.05, 0) is 31.5 Å². The molecule has 4 rings (SSSR count). The summed E-state index contributed by atoms with van der Waals surface area (Å²) in [5.74, 6) is 0.615. The van der Waals surface area contributed by atoms with Crippen molar-refractivity contribution in [2.45, 2.75) is 18.8 Å². The van der Waals surface area contributed by atoms with Crippen molar-refractivity contribution >= 4 is 16.8 Å². The lowest BCUT2D eigenvalue weighted by atomic mass is 9.83. The number of methoxy groups -OCH3 is 2. The first kappa shape index (κ1) is 16.4. The zero-order valence-corrected chi connectivity index (χ0v) is 14.9. The van der Waals surface area contributed by atoms with Gasteiger partial charge in [-0.25, -0.2) is 4.98 Å². The highest BCUT2D eigenvalue weighted by molar-refractivity contribution is 5.90. The smallest absolute Gasteiger partial charge is 0.224 e. The average Bonchev–Trinajstić information content (AvgIpc) is 3.05. The molecule has 7 heteroatoms. The number of nitrogens with one attached hydrogen (secondary N) is 1. The molecule has 2 atom stereocenters. The Bertz CT molecular complexity index is 993. The standard InChI is InChI=1S/C19H20N4O3/c1-18(17(20)24)10-19(18,14-8-11-4-6-21-12(11)9-23-14)15-13(25-2)5-7-22-16(15)26-3/h4-9,21H,10H2,1-3H3,(H2,20,24). The number of rotatable bonds is 5. The molecule has 0 bridgehead atoms. The van der Waals surface area contributed by atoms with Crippen molar-refractivity contribution in [1.82, 2.24) is 15.0 Å². The number of pyridine rings is 2. The van der Waals surface area contributed by atoms with Gasteiger partial charge in [-0.2, -0.15) is 0 Å². The number of amides is 1. The maximum Gasteiger partial charge on any atom is 0.224 e. The lowest BCUT2D eigenvalue weighted by Crippen LogP contribution is -2.32. The molecule has 0 aliphatic heterocycles. The number of aromatic amines is 1. The molecule has 3 heterocycles. The summed E-state index contributed by atoms with van der Waals surface area (Å²) in [5.41, 5.74) is 6.59. The highest BCUT2D eigenvalue weighted by atomic mass is 16.5. The first-order valence-corrected chi connectivity index (χ1v) is 8.29. The van der Waals surface area contributed by atoms with Gasteiger partial charge in [0.25, 0.3) is 0 Å². The van der Waals surface area contributed by atoms with Crippen LogP contribution in [0.1, 0.15) is 24.6 Å². The second-order valence-electron chi connectivity index (χ2n) is 6.81. The average molecular weight is 352 g/mol. The maximum absolute atomic E-state index is 12.3. The second-order valence-corrected chi connectivity index (χ2v) is 6.81. The summed E-state index contributed by atoms with van der Waals surface area (Å²) in [5, 5.41) is 1.01. The second kappa shape index (κ2) is 5.45. The van der Waals surface area contributed by atoms with Crippen molar-refractivity contribution in [3.05, 3.63) is 48.0 Å². The van der Waals surface area contributed by atoms with Gasteiger partial charge in [-0.15, -0.1) is 0 Å². The molecule has 3 aromatic rings. The van der Waals surface area contributed by atoms with Crippen molar-refractivity contribution in [2.24, 2.45) is 11.1 Å². The molecule has 26 heavy (non-hydrogen) atoms. The van der Waals surface area contributed by atoms with E-state index >= 15 is 0 Å². The topological polar surface area (TPSA) is 103 Å². The van der Waals surface area contributed by atoms with Crippen molar-refractivity contribution in [1.29, 1.82) is 0 Å². The third-order valence-corrected chi connectivity index (χ3v) is 5.57. The van der Waals surface area contributed by atoms with E-state index < -0.39 is 10.8 Å². The fourth-order valence-electron chi connectivity index (χ4n) is 3.98. The van der Waals surface area contributed by atoms with Crippen molar-refractivity contribution in [2.75, 3.05) is 14.2 Å². The van der Waals surface area contributed by atoms with Gasteiger partial charge in [0.15, 0.2) is 0 Å². The SMILES string of the molecule is COc1ccnc(OC)c1C1(c2cc3cc[nH]c3cn2)CC1(C)C(N)=O. The van der Waals surface area contributed by atoms with E-state index in [1.165, 1.54) is 0 Å². The van der Waals surface area contributed by atoms with E-state index in [1.807, 2.05) is 25.3 Å². The summed E-state index contributed by atoms with van der Waals surface area (Å²) in [6, 6.07) is 5.70. The first-order valence-electron chi connectivity index (χ1n) is 8.29. The number of carbonyl (C=O) groups is 1. The first-order chi connectivity index (χ1) is 12.5. The molecule has 7 nitrogen and oxygen atoms in total. The van der Waals surface area contributed by atoms with Gasteiger partial charge < -0.3 is 20.2 Å². The van der Waals surface area contributed by atoms with Gasteiger partial charge in [0.1, 0.15) is 5.75 Å². The number of ether oxygens (including phenoxy) is 2. The molecule has 2 unspecified atom stereocenters. The summed E-state index contributed by atoms with van der Waals surface area (Å²) in [6.07, 6.45) is 5.74. The quantitative estimate of drug-likeness (QED) is 0.732. The van der Waals surface area contributed by atoms with Crippen LogP contribution in [-0.2, 0) is 10.2 Å². The number of nitrogens with two attached hydrogens (primary N) is 1. The Morgan fingerprint density at radius 1 is 1.27 bits per heavy atom. The highest BCUT2D eigenvalue weighted by Crippen LogP contribution is 2.70. The number of carbonyl (C=O) groups excluding carboxylic acids is 1. The van der Waals surface area contributed by atoms with Gasteiger partial charge in [0, 0.05) is 17.8 Å². The molecule has 1 saturated carbocycles. The van der Waals surface area contributed by atoms with Crippen LogP contribution in [0, 0.1) is 5.41 Å². The van der Waals surface area contributed by atoms with Crippen LogP contribution in [0.15, 0.2) is 36.8 Å². The molecule has 1 aliphatic carbocycles. The minimum atomic E-state index is -0.812. The molecule has 1 aliphatic rings. The predicted octanol–water partition coefficient (Wildman–Crippen LogP) is 2.16. The largest absolute Gasteiger partial charge is 0.496 e. The fraction of sp³-hybridized carbons (Fsp3) is 0.316. The van der Waals surface area contributed by atoms with Crippen LogP contribution in [0.4, 0.5) is 0 Å². The number of nitrogens with zero attached hydrogens (tertiary/aromatic N) is 2. The molecule has 3 N–H and O–H groups in total. The zero-order valence-electron chi connectivity index (χ0n) is 14.9. The Balaban J connectivity index is 2.02. The molecule has 3 aromatic heterocycles. The Kier molecular flexibility index (Phi) is 3.44. The third-order valence-electron chi connectivity index (χ3n) is 5.57. The van der Waals surface area contributed by atoms with Gasteiger partial charge in [-0.3, -0.25) is 9.78 Å². The highest BCUT2D eigenvalue weighted by Gasteiger charge is 2.72. The molecule has 0 radical (unpaired) electrons. The number of hydrogen-bond donors (Lipinski definition) is 2. The Labute approximate surface area is 150 Å². The molecular formula is C19H20N4O3. The summed E-state index contributed by atoms with van der Waals surface area (Å²) < 4.78 is 11.1. The van der Waals surface area contributed by atoms with E-state index in [0.717, 1.165) is 16.6 Å². The van der Waals surface area contributed by atoms with Gasteiger partial charge in [-0.1, -0.05) is 0 Å². The van der Waals surface area contributed by atoms with Crippen molar-refractivity contribution in [3.63, 3.8) is 0 Å². The van der Waals surface area contributed by atoms with E-state index in [-0.39, 0.29) is 5.91 Å². The Morgan fingerprint density at radius 3 is 2.73 bits per heavy atom. The van der Waals surface area contributed by atoms with Crippen LogP contribution in [0.25, 0.3) is 10.9 Å². The minimum absolute atomic E-state index is 0.388. The molecule has 1 fully saturated rings. The van der Waals surface area contributed by atoms with E-state index in [2.05, 4.69) is 15.0 Å². The number of aromatic nitrogens is 3. The third kappa shape index (κ3) is 1.97.